The van der Waals surface area contributed by atoms with E-state index in [1.54, 1.807) is 13.2 Å². The molecule has 0 spiro atoms. The van der Waals surface area contributed by atoms with Crippen molar-refractivity contribution in [2.24, 2.45) is 0 Å². The average Bonchev–Trinajstić information content (AvgIpc) is 3.18. The van der Waals surface area contributed by atoms with Crippen molar-refractivity contribution >= 4 is 27.3 Å². The highest BCUT2D eigenvalue weighted by Gasteiger charge is 2.26. The van der Waals surface area contributed by atoms with E-state index < -0.39 is 0 Å². The Bertz CT molecular complexity index is 950. The standard InChI is InChI=1S/C20H18FNO2S/c1-24-11-14-18-15(21)7-4-8-17(18)25-19(14)20(23)22-16-10-9-12-5-2-3-6-13(12)16/h2-8,16H,9-11H2,1H3,(H,22,23). The van der Waals surface area contributed by atoms with Crippen molar-refractivity contribution in [2.75, 3.05) is 7.11 Å². The number of nitrogens with one attached hydrogen (secondary N) is 1. The fourth-order valence-electron chi connectivity index (χ4n) is 3.56. The van der Waals surface area contributed by atoms with Gasteiger partial charge >= 0.3 is 0 Å². The second kappa shape index (κ2) is 6.58. The van der Waals surface area contributed by atoms with Crippen molar-refractivity contribution < 1.29 is 13.9 Å². The minimum Gasteiger partial charge on any atom is -0.380 e. The van der Waals surface area contributed by atoms with Crippen LogP contribution in [0.4, 0.5) is 4.39 Å². The second-order valence-electron chi connectivity index (χ2n) is 6.22. The van der Waals surface area contributed by atoms with Crippen LogP contribution in [-0.4, -0.2) is 13.0 Å². The van der Waals surface area contributed by atoms with Crippen LogP contribution >= 0.6 is 11.3 Å². The molecule has 3 nitrogen and oxygen atoms in total. The summed E-state index contributed by atoms with van der Waals surface area (Å²) >= 11 is 1.32. The van der Waals surface area contributed by atoms with Gasteiger partial charge in [-0.1, -0.05) is 30.3 Å². The Kier molecular flexibility index (Phi) is 4.27. The van der Waals surface area contributed by atoms with Crippen molar-refractivity contribution in [1.29, 1.82) is 0 Å². The minimum absolute atomic E-state index is 0.00848. The van der Waals surface area contributed by atoms with Gasteiger partial charge in [-0.25, -0.2) is 4.39 Å². The fraction of sp³-hybridized carbons (Fsp3) is 0.250. The highest BCUT2D eigenvalue weighted by molar-refractivity contribution is 7.21. The summed E-state index contributed by atoms with van der Waals surface area (Å²) in [5, 5.41) is 3.62. The summed E-state index contributed by atoms with van der Waals surface area (Å²) in [5.74, 6) is -0.472. The van der Waals surface area contributed by atoms with Gasteiger partial charge in [0, 0.05) is 22.8 Å². The normalized spacial score (nSPS) is 16.2. The van der Waals surface area contributed by atoms with Crippen molar-refractivity contribution in [3.63, 3.8) is 0 Å². The van der Waals surface area contributed by atoms with Gasteiger partial charge in [0.25, 0.3) is 5.91 Å². The zero-order chi connectivity index (χ0) is 17.4. The lowest BCUT2D eigenvalue weighted by Crippen LogP contribution is -2.27. The van der Waals surface area contributed by atoms with Gasteiger partial charge in [-0.15, -0.1) is 11.3 Å². The van der Waals surface area contributed by atoms with Gasteiger partial charge in [0.1, 0.15) is 5.82 Å². The Balaban J connectivity index is 1.69. The first-order valence-electron chi connectivity index (χ1n) is 8.26. The van der Waals surface area contributed by atoms with Crippen LogP contribution in [0.1, 0.15) is 38.8 Å². The average molecular weight is 355 g/mol. The van der Waals surface area contributed by atoms with Crippen LogP contribution in [0, 0.1) is 5.82 Å². The topological polar surface area (TPSA) is 38.3 Å². The molecule has 1 unspecified atom stereocenters. The van der Waals surface area contributed by atoms with E-state index >= 15 is 0 Å². The number of rotatable bonds is 4. The van der Waals surface area contributed by atoms with Crippen molar-refractivity contribution in [2.45, 2.75) is 25.5 Å². The summed E-state index contributed by atoms with van der Waals surface area (Å²) in [7, 11) is 1.55. The van der Waals surface area contributed by atoms with Crippen LogP contribution in [-0.2, 0) is 17.8 Å². The van der Waals surface area contributed by atoms with E-state index in [1.807, 2.05) is 18.2 Å². The number of benzene rings is 2. The SMILES string of the molecule is COCc1c(C(=O)NC2CCc3ccccc32)sc2cccc(F)c12. The Labute approximate surface area is 149 Å². The maximum Gasteiger partial charge on any atom is 0.262 e. The molecule has 0 saturated carbocycles. The number of thiophene rings is 1. The molecule has 1 aromatic heterocycles. The molecule has 3 aromatic rings. The molecule has 0 radical (unpaired) electrons. The number of amides is 1. The first kappa shape index (κ1) is 16.2. The van der Waals surface area contributed by atoms with Crippen molar-refractivity contribution in [3.8, 4) is 0 Å². The third-order valence-electron chi connectivity index (χ3n) is 4.70. The Morgan fingerprint density at radius 3 is 2.96 bits per heavy atom. The molecule has 1 aliphatic rings. The van der Waals surface area contributed by atoms with Crippen LogP contribution in [0.3, 0.4) is 0 Å². The molecule has 128 valence electrons. The highest BCUT2D eigenvalue weighted by Crippen LogP contribution is 2.35. The van der Waals surface area contributed by atoms with Gasteiger partial charge in [-0.3, -0.25) is 4.79 Å². The molecular weight excluding hydrogens is 337 g/mol. The summed E-state index contributed by atoms with van der Waals surface area (Å²) in [5.41, 5.74) is 3.09. The lowest BCUT2D eigenvalue weighted by Gasteiger charge is -2.14. The van der Waals surface area contributed by atoms with Gasteiger partial charge in [0.15, 0.2) is 0 Å². The van der Waals surface area contributed by atoms with E-state index in [9.17, 15) is 9.18 Å². The smallest absolute Gasteiger partial charge is 0.262 e. The number of halogens is 1. The van der Waals surface area contributed by atoms with Crippen LogP contribution < -0.4 is 5.32 Å². The number of carbonyl (C=O) groups excluding carboxylic acids is 1. The van der Waals surface area contributed by atoms with Gasteiger partial charge in [-0.2, -0.15) is 0 Å². The first-order valence-corrected chi connectivity index (χ1v) is 9.08. The van der Waals surface area contributed by atoms with Crippen LogP contribution in [0.25, 0.3) is 10.1 Å². The predicted molar refractivity (Wildman–Crippen MR) is 97.5 cm³/mol. The zero-order valence-electron chi connectivity index (χ0n) is 13.8. The minimum atomic E-state index is -0.314. The summed E-state index contributed by atoms with van der Waals surface area (Å²) in [6.07, 6.45) is 1.86. The molecule has 4 rings (SSSR count). The molecule has 0 fully saturated rings. The summed E-state index contributed by atoms with van der Waals surface area (Å²) in [4.78, 5) is 13.4. The van der Waals surface area contributed by atoms with Gasteiger partial charge < -0.3 is 10.1 Å². The molecule has 0 aliphatic heterocycles. The monoisotopic (exact) mass is 355 g/mol. The highest BCUT2D eigenvalue weighted by atomic mass is 32.1. The first-order chi connectivity index (χ1) is 12.2. The Hall–Kier alpha value is -2.24. The number of ether oxygens (including phenoxy) is 1. The van der Waals surface area contributed by atoms with E-state index in [2.05, 4.69) is 17.4 Å². The molecule has 5 heteroatoms. The number of hydrogen-bond acceptors (Lipinski definition) is 3. The number of hydrogen-bond donors (Lipinski definition) is 1. The van der Waals surface area contributed by atoms with Crippen LogP contribution in [0.5, 0.6) is 0 Å². The lowest BCUT2D eigenvalue weighted by atomic mass is 10.1. The summed E-state index contributed by atoms with van der Waals surface area (Å²) in [6.45, 7) is 0.213. The zero-order valence-corrected chi connectivity index (χ0v) is 14.7. The molecule has 1 heterocycles. The van der Waals surface area contributed by atoms with E-state index in [0.29, 0.717) is 15.8 Å². The Morgan fingerprint density at radius 1 is 1.28 bits per heavy atom. The summed E-state index contributed by atoms with van der Waals surface area (Å²) in [6, 6.07) is 13.1. The van der Waals surface area contributed by atoms with Crippen molar-refractivity contribution in [1.82, 2.24) is 5.32 Å². The van der Waals surface area contributed by atoms with Gasteiger partial charge in [0.05, 0.1) is 17.5 Å². The third-order valence-corrected chi connectivity index (χ3v) is 5.89. The largest absolute Gasteiger partial charge is 0.380 e. The van der Waals surface area contributed by atoms with E-state index in [4.69, 9.17) is 4.74 Å². The lowest BCUT2D eigenvalue weighted by molar-refractivity contribution is 0.0936. The predicted octanol–water partition coefficient (Wildman–Crippen LogP) is 4.60. The van der Waals surface area contributed by atoms with Gasteiger partial charge in [0.2, 0.25) is 0 Å². The maximum atomic E-state index is 14.3. The Morgan fingerprint density at radius 2 is 2.12 bits per heavy atom. The van der Waals surface area contributed by atoms with E-state index in [0.717, 1.165) is 17.5 Å². The number of fused-ring (bicyclic) bond motifs is 2. The van der Waals surface area contributed by atoms with E-state index in [1.165, 1.54) is 28.5 Å². The van der Waals surface area contributed by atoms with E-state index in [-0.39, 0.29) is 24.4 Å². The molecule has 1 aliphatic carbocycles. The molecule has 2 aromatic carbocycles. The number of carbonyl (C=O) groups is 1. The molecule has 25 heavy (non-hydrogen) atoms. The molecule has 1 N–H and O–H groups in total. The van der Waals surface area contributed by atoms with Gasteiger partial charge in [-0.05, 0) is 36.1 Å². The quantitative estimate of drug-likeness (QED) is 0.742. The fourth-order valence-corrected chi connectivity index (χ4v) is 4.69. The molecular formula is C20H18FNO2S. The number of methoxy groups -OCH3 is 1. The summed E-state index contributed by atoms with van der Waals surface area (Å²) < 4.78 is 20.3. The molecule has 1 amide bonds. The van der Waals surface area contributed by atoms with Crippen molar-refractivity contribution in [3.05, 3.63) is 69.8 Å². The van der Waals surface area contributed by atoms with Crippen LogP contribution in [0.15, 0.2) is 42.5 Å². The molecule has 1 atom stereocenters. The van der Waals surface area contributed by atoms with Crippen LogP contribution in [0.2, 0.25) is 0 Å². The molecule has 0 bridgehead atoms. The second-order valence-corrected chi connectivity index (χ2v) is 7.27. The maximum absolute atomic E-state index is 14.3. The number of aryl methyl sites for hydroxylation is 1. The third kappa shape index (κ3) is 2.83. The molecule has 0 saturated heterocycles.